The molecule has 0 atom stereocenters. The quantitative estimate of drug-likeness (QED) is 0.574. The molecular formula is C24H29N5O. The van der Waals surface area contributed by atoms with Gasteiger partial charge in [-0.3, -0.25) is 4.79 Å². The van der Waals surface area contributed by atoms with E-state index >= 15 is 0 Å². The molecule has 3 rings (SSSR count). The van der Waals surface area contributed by atoms with E-state index in [2.05, 4.69) is 40.7 Å². The van der Waals surface area contributed by atoms with E-state index in [9.17, 15) is 10.1 Å². The maximum Gasteiger partial charge on any atom is 0.255 e. The molecule has 0 bridgehead atoms. The average molecular weight is 404 g/mol. The first-order chi connectivity index (χ1) is 14.1. The van der Waals surface area contributed by atoms with Crippen LogP contribution in [0.25, 0.3) is 11.0 Å². The minimum absolute atomic E-state index is 0.0149. The van der Waals surface area contributed by atoms with E-state index in [-0.39, 0.29) is 23.9 Å². The van der Waals surface area contributed by atoms with Crippen molar-refractivity contribution >= 4 is 16.9 Å². The smallest absolute Gasteiger partial charge is 0.255 e. The van der Waals surface area contributed by atoms with Gasteiger partial charge in [0, 0.05) is 12.2 Å². The Morgan fingerprint density at radius 3 is 2.47 bits per heavy atom. The molecule has 0 saturated carbocycles. The molecule has 2 heterocycles. The molecule has 0 fully saturated rings. The second-order valence-corrected chi connectivity index (χ2v) is 8.92. The van der Waals surface area contributed by atoms with Gasteiger partial charge in [0.1, 0.15) is 6.54 Å². The van der Waals surface area contributed by atoms with Gasteiger partial charge in [-0.15, -0.1) is 0 Å². The van der Waals surface area contributed by atoms with Gasteiger partial charge in [-0.25, -0.2) is 9.67 Å². The van der Waals surface area contributed by atoms with E-state index in [1.54, 1.807) is 4.90 Å². The monoisotopic (exact) mass is 403 g/mol. The molecule has 1 aromatic carbocycles. The van der Waals surface area contributed by atoms with Crippen LogP contribution in [0.15, 0.2) is 36.4 Å². The number of hydrogen-bond donors (Lipinski definition) is 0. The van der Waals surface area contributed by atoms with Crippen LogP contribution in [0, 0.1) is 18.3 Å². The summed E-state index contributed by atoms with van der Waals surface area (Å²) < 4.78 is 1.89. The Hall–Kier alpha value is -3.20. The number of amides is 1. The molecule has 3 aromatic rings. The van der Waals surface area contributed by atoms with Crippen molar-refractivity contribution in [2.75, 3.05) is 6.54 Å². The third kappa shape index (κ3) is 4.20. The van der Waals surface area contributed by atoms with Crippen molar-refractivity contribution in [2.24, 2.45) is 0 Å². The fraction of sp³-hybridized carbons (Fsp3) is 0.417. The highest BCUT2D eigenvalue weighted by molar-refractivity contribution is 6.06. The van der Waals surface area contributed by atoms with Crippen LogP contribution >= 0.6 is 0 Å². The summed E-state index contributed by atoms with van der Waals surface area (Å²) in [5.41, 5.74) is 3.59. The largest absolute Gasteiger partial charge is 0.321 e. The van der Waals surface area contributed by atoms with Gasteiger partial charge >= 0.3 is 0 Å². The van der Waals surface area contributed by atoms with E-state index in [0.29, 0.717) is 17.8 Å². The summed E-state index contributed by atoms with van der Waals surface area (Å²) in [6.07, 6.45) is 0. The van der Waals surface area contributed by atoms with Crippen LogP contribution in [0.5, 0.6) is 0 Å². The van der Waals surface area contributed by atoms with Gasteiger partial charge in [-0.05, 0) is 45.2 Å². The third-order valence-corrected chi connectivity index (χ3v) is 5.05. The summed E-state index contributed by atoms with van der Waals surface area (Å²) in [6.45, 7) is 12.6. The number of benzene rings is 1. The molecule has 1 amide bonds. The highest BCUT2D eigenvalue weighted by Crippen LogP contribution is 2.30. The SMILES string of the molecule is Cc1nn(C(C)(C)C)c2nc(C(C)C)cc(C(=O)N(CC#N)Cc3ccccc3)c12. The van der Waals surface area contributed by atoms with Crippen molar-refractivity contribution in [1.29, 1.82) is 5.26 Å². The van der Waals surface area contributed by atoms with Gasteiger partial charge in [0.2, 0.25) is 0 Å². The number of fused-ring (bicyclic) bond motifs is 1. The Balaban J connectivity index is 2.18. The molecule has 2 aromatic heterocycles. The number of aromatic nitrogens is 3. The summed E-state index contributed by atoms with van der Waals surface area (Å²) in [5, 5.41) is 14.8. The number of carbonyl (C=O) groups excluding carboxylic acids is 1. The lowest BCUT2D eigenvalue weighted by Gasteiger charge is -2.22. The average Bonchev–Trinajstić information content (AvgIpc) is 3.04. The van der Waals surface area contributed by atoms with Gasteiger partial charge in [0.15, 0.2) is 5.65 Å². The Labute approximate surface area is 178 Å². The maximum atomic E-state index is 13.6. The molecular weight excluding hydrogens is 374 g/mol. The van der Waals surface area contributed by atoms with Gasteiger partial charge in [0.05, 0.1) is 28.3 Å². The molecule has 0 spiro atoms. The number of nitriles is 1. The van der Waals surface area contributed by atoms with Crippen LogP contribution in [0.3, 0.4) is 0 Å². The second kappa shape index (κ2) is 8.27. The minimum atomic E-state index is -0.272. The molecule has 0 N–H and O–H groups in total. The summed E-state index contributed by atoms with van der Waals surface area (Å²) in [4.78, 5) is 20.1. The Bertz CT molecular complexity index is 1100. The molecule has 30 heavy (non-hydrogen) atoms. The number of aryl methyl sites for hydroxylation is 1. The highest BCUT2D eigenvalue weighted by Gasteiger charge is 2.27. The molecule has 6 heteroatoms. The van der Waals surface area contributed by atoms with Gasteiger partial charge in [-0.1, -0.05) is 44.2 Å². The molecule has 0 aliphatic carbocycles. The predicted octanol–water partition coefficient (Wildman–Crippen LogP) is 4.78. The Morgan fingerprint density at radius 2 is 1.90 bits per heavy atom. The molecule has 0 aliphatic rings. The second-order valence-electron chi connectivity index (χ2n) is 8.92. The third-order valence-electron chi connectivity index (χ3n) is 5.05. The zero-order chi connectivity index (χ0) is 22.1. The van der Waals surface area contributed by atoms with Crippen molar-refractivity contribution in [1.82, 2.24) is 19.7 Å². The summed E-state index contributed by atoms with van der Waals surface area (Å²) in [6, 6.07) is 13.7. The van der Waals surface area contributed by atoms with Crippen LogP contribution in [0.4, 0.5) is 0 Å². The maximum absolute atomic E-state index is 13.6. The predicted molar refractivity (Wildman–Crippen MR) is 118 cm³/mol. The molecule has 0 saturated heterocycles. The van der Waals surface area contributed by atoms with E-state index in [1.165, 1.54) is 0 Å². The van der Waals surface area contributed by atoms with Crippen molar-refractivity contribution in [2.45, 2.75) is 59.5 Å². The molecule has 0 aliphatic heterocycles. The zero-order valence-electron chi connectivity index (χ0n) is 18.6. The fourth-order valence-electron chi connectivity index (χ4n) is 3.50. The minimum Gasteiger partial charge on any atom is -0.321 e. The summed E-state index contributed by atoms with van der Waals surface area (Å²) >= 11 is 0. The molecule has 0 radical (unpaired) electrons. The van der Waals surface area contributed by atoms with Gasteiger partial charge in [-0.2, -0.15) is 10.4 Å². The van der Waals surface area contributed by atoms with Crippen molar-refractivity contribution in [3.8, 4) is 6.07 Å². The lowest BCUT2D eigenvalue weighted by atomic mass is 10.0. The van der Waals surface area contributed by atoms with Gasteiger partial charge in [0.25, 0.3) is 5.91 Å². The summed E-state index contributed by atoms with van der Waals surface area (Å²) in [7, 11) is 0. The van der Waals surface area contributed by atoms with E-state index in [0.717, 1.165) is 22.3 Å². The zero-order valence-corrected chi connectivity index (χ0v) is 18.6. The number of pyridine rings is 1. The molecule has 6 nitrogen and oxygen atoms in total. The Kier molecular flexibility index (Phi) is 5.93. The van der Waals surface area contributed by atoms with Crippen LogP contribution in [-0.4, -0.2) is 32.1 Å². The molecule has 156 valence electrons. The van der Waals surface area contributed by atoms with Gasteiger partial charge < -0.3 is 4.90 Å². The fourth-order valence-corrected chi connectivity index (χ4v) is 3.50. The first kappa shape index (κ1) is 21.5. The topological polar surface area (TPSA) is 74.8 Å². The Morgan fingerprint density at radius 1 is 1.23 bits per heavy atom. The number of nitrogens with zero attached hydrogens (tertiary/aromatic N) is 5. The number of carbonyl (C=O) groups is 1. The van der Waals surface area contributed by atoms with E-state index in [4.69, 9.17) is 10.1 Å². The number of hydrogen-bond acceptors (Lipinski definition) is 4. The van der Waals surface area contributed by atoms with E-state index < -0.39 is 0 Å². The van der Waals surface area contributed by atoms with Crippen molar-refractivity contribution in [3.63, 3.8) is 0 Å². The number of rotatable bonds is 5. The van der Waals surface area contributed by atoms with Crippen LogP contribution in [0.2, 0.25) is 0 Å². The van der Waals surface area contributed by atoms with E-state index in [1.807, 2.05) is 48.0 Å². The summed E-state index contributed by atoms with van der Waals surface area (Å²) in [5.74, 6) is -0.0191. The highest BCUT2D eigenvalue weighted by atomic mass is 16.2. The first-order valence-corrected chi connectivity index (χ1v) is 10.2. The van der Waals surface area contributed by atoms with Crippen molar-refractivity contribution in [3.05, 3.63) is 58.9 Å². The standard InChI is InChI=1S/C24H29N5O/c1-16(2)20-14-19(21-17(3)27-29(22(21)26-20)24(4,5)6)23(30)28(13-12-25)15-18-10-8-7-9-11-18/h7-11,14,16H,13,15H2,1-6H3. The van der Waals surface area contributed by atoms with Crippen molar-refractivity contribution < 1.29 is 4.79 Å². The van der Waals surface area contributed by atoms with Crippen LogP contribution in [-0.2, 0) is 12.1 Å². The normalized spacial score (nSPS) is 11.7. The lowest BCUT2D eigenvalue weighted by molar-refractivity contribution is 0.0766. The molecule has 0 unspecified atom stereocenters. The first-order valence-electron chi connectivity index (χ1n) is 10.2. The lowest BCUT2D eigenvalue weighted by Crippen LogP contribution is -2.31. The van der Waals surface area contributed by atoms with Crippen LogP contribution in [0.1, 0.15) is 67.8 Å². The van der Waals surface area contributed by atoms with Crippen LogP contribution < -0.4 is 0 Å².